The van der Waals surface area contributed by atoms with Crippen LogP contribution in [-0.4, -0.2) is 54.0 Å². The molecular weight excluding hydrogens is 378 g/mol. The number of methoxy groups -OCH3 is 1. The highest BCUT2D eigenvalue weighted by molar-refractivity contribution is 5.97. The molecule has 0 saturated carbocycles. The van der Waals surface area contributed by atoms with Crippen LogP contribution in [0.25, 0.3) is 11.5 Å². The molecule has 0 unspecified atom stereocenters. The number of ether oxygens (including phenoxy) is 1. The van der Waals surface area contributed by atoms with Crippen LogP contribution >= 0.6 is 0 Å². The maximum absolute atomic E-state index is 12.9. The van der Waals surface area contributed by atoms with Gasteiger partial charge in [-0.1, -0.05) is 29.8 Å². The number of piperazine rings is 1. The molecule has 0 bridgehead atoms. The molecule has 2 aromatic carbocycles. The Morgan fingerprint density at radius 3 is 2.43 bits per heavy atom. The van der Waals surface area contributed by atoms with Gasteiger partial charge in [-0.05, 0) is 38.1 Å². The first-order valence-corrected chi connectivity index (χ1v) is 10.2. The summed E-state index contributed by atoms with van der Waals surface area (Å²) in [6.45, 7) is 7.70. The summed E-state index contributed by atoms with van der Waals surface area (Å²) in [5.74, 6) is 2.14. The van der Waals surface area contributed by atoms with Gasteiger partial charge in [0.25, 0.3) is 5.91 Å². The maximum atomic E-state index is 12.9. The summed E-state index contributed by atoms with van der Waals surface area (Å²) in [5, 5.41) is 0. The molecule has 1 saturated heterocycles. The third-order valence-electron chi connectivity index (χ3n) is 5.56. The van der Waals surface area contributed by atoms with Gasteiger partial charge in [-0.15, -0.1) is 0 Å². The van der Waals surface area contributed by atoms with Crippen molar-refractivity contribution in [2.75, 3.05) is 33.3 Å². The first kappa shape index (κ1) is 20.2. The van der Waals surface area contributed by atoms with Crippen molar-refractivity contribution in [3.05, 3.63) is 71.1 Å². The van der Waals surface area contributed by atoms with Crippen molar-refractivity contribution in [1.82, 2.24) is 14.8 Å². The van der Waals surface area contributed by atoms with Crippen molar-refractivity contribution in [1.29, 1.82) is 0 Å². The lowest BCUT2D eigenvalue weighted by Crippen LogP contribution is -2.48. The third kappa shape index (κ3) is 4.24. The van der Waals surface area contributed by atoms with Gasteiger partial charge in [-0.25, -0.2) is 4.98 Å². The first-order valence-electron chi connectivity index (χ1n) is 10.2. The average molecular weight is 405 g/mol. The summed E-state index contributed by atoms with van der Waals surface area (Å²) >= 11 is 0. The Morgan fingerprint density at radius 1 is 1.03 bits per heavy atom. The number of para-hydroxylation sites is 1. The van der Waals surface area contributed by atoms with E-state index in [1.54, 1.807) is 7.11 Å². The van der Waals surface area contributed by atoms with Crippen molar-refractivity contribution in [3.8, 4) is 17.2 Å². The molecule has 1 amide bonds. The summed E-state index contributed by atoms with van der Waals surface area (Å²) in [4.78, 5) is 21.8. The van der Waals surface area contributed by atoms with Gasteiger partial charge in [0.2, 0.25) is 5.89 Å². The number of hydrogen-bond acceptors (Lipinski definition) is 5. The molecule has 156 valence electrons. The Morgan fingerprint density at radius 2 is 1.73 bits per heavy atom. The van der Waals surface area contributed by atoms with Crippen LogP contribution in [0.4, 0.5) is 0 Å². The smallest absolute Gasteiger partial charge is 0.257 e. The average Bonchev–Trinajstić information content (AvgIpc) is 3.14. The van der Waals surface area contributed by atoms with Crippen LogP contribution in [0, 0.1) is 13.8 Å². The molecule has 0 N–H and O–H groups in total. The standard InChI is InChI=1S/C24H27N3O3/c1-17-8-10-19(11-9-17)23-25-21(18(2)30-23)16-26-12-14-27(15-13-26)24(28)20-6-4-5-7-22(20)29-3/h4-11H,12-16H2,1-3H3. The molecule has 0 atom stereocenters. The van der Waals surface area contributed by atoms with Gasteiger partial charge in [0, 0.05) is 38.3 Å². The molecule has 30 heavy (non-hydrogen) atoms. The second kappa shape index (κ2) is 8.71. The quantitative estimate of drug-likeness (QED) is 0.644. The highest BCUT2D eigenvalue weighted by Crippen LogP contribution is 2.24. The number of carbonyl (C=O) groups excluding carboxylic acids is 1. The van der Waals surface area contributed by atoms with E-state index in [1.807, 2.05) is 48.2 Å². The zero-order valence-electron chi connectivity index (χ0n) is 17.7. The van der Waals surface area contributed by atoms with Crippen LogP contribution in [0.5, 0.6) is 5.75 Å². The zero-order valence-corrected chi connectivity index (χ0v) is 17.7. The lowest BCUT2D eigenvalue weighted by atomic mass is 10.1. The molecule has 4 rings (SSSR count). The number of rotatable bonds is 5. The molecule has 6 nitrogen and oxygen atoms in total. The number of amides is 1. The van der Waals surface area contributed by atoms with E-state index in [-0.39, 0.29) is 5.91 Å². The Balaban J connectivity index is 1.38. The SMILES string of the molecule is COc1ccccc1C(=O)N1CCN(Cc2nc(-c3ccc(C)cc3)oc2C)CC1. The second-order valence-corrected chi connectivity index (χ2v) is 7.66. The Bertz CT molecular complexity index is 1020. The maximum Gasteiger partial charge on any atom is 0.257 e. The summed E-state index contributed by atoms with van der Waals surface area (Å²) < 4.78 is 11.2. The first-order chi connectivity index (χ1) is 14.5. The van der Waals surface area contributed by atoms with Gasteiger partial charge in [0.05, 0.1) is 18.4 Å². The van der Waals surface area contributed by atoms with Crippen molar-refractivity contribution in [2.45, 2.75) is 20.4 Å². The van der Waals surface area contributed by atoms with Crippen molar-refractivity contribution >= 4 is 5.91 Å². The molecule has 1 aliphatic heterocycles. The van der Waals surface area contributed by atoms with E-state index in [0.717, 1.165) is 36.7 Å². The molecule has 2 heterocycles. The zero-order chi connectivity index (χ0) is 21.1. The van der Waals surface area contributed by atoms with Gasteiger partial charge in [-0.3, -0.25) is 9.69 Å². The number of carbonyl (C=O) groups is 1. The summed E-state index contributed by atoms with van der Waals surface area (Å²) in [5.41, 5.74) is 3.77. The van der Waals surface area contributed by atoms with Gasteiger partial charge in [0.15, 0.2) is 0 Å². The van der Waals surface area contributed by atoms with Gasteiger partial charge in [-0.2, -0.15) is 0 Å². The number of oxazole rings is 1. The largest absolute Gasteiger partial charge is 0.496 e. The number of nitrogens with zero attached hydrogens (tertiary/aromatic N) is 3. The normalized spacial score (nSPS) is 14.7. The molecule has 1 aromatic heterocycles. The summed E-state index contributed by atoms with van der Waals surface area (Å²) in [6.07, 6.45) is 0. The van der Waals surface area contributed by atoms with E-state index >= 15 is 0 Å². The Kier molecular flexibility index (Phi) is 5.86. The van der Waals surface area contributed by atoms with E-state index in [4.69, 9.17) is 14.1 Å². The van der Waals surface area contributed by atoms with Gasteiger partial charge < -0.3 is 14.1 Å². The van der Waals surface area contributed by atoms with Crippen LogP contribution < -0.4 is 4.74 Å². The monoisotopic (exact) mass is 405 g/mol. The highest BCUT2D eigenvalue weighted by Gasteiger charge is 2.25. The van der Waals surface area contributed by atoms with Gasteiger partial charge >= 0.3 is 0 Å². The molecular formula is C24H27N3O3. The molecule has 6 heteroatoms. The van der Waals surface area contributed by atoms with E-state index in [9.17, 15) is 4.79 Å². The number of benzene rings is 2. The van der Waals surface area contributed by atoms with E-state index in [2.05, 4.69) is 24.0 Å². The summed E-state index contributed by atoms with van der Waals surface area (Å²) in [6, 6.07) is 15.6. The molecule has 1 aliphatic rings. The van der Waals surface area contributed by atoms with Crippen LogP contribution in [0.2, 0.25) is 0 Å². The number of aryl methyl sites for hydroxylation is 2. The van der Waals surface area contributed by atoms with Crippen LogP contribution in [0.3, 0.4) is 0 Å². The minimum atomic E-state index is 0.0198. The van der Waals surface area contributed by atoms with Crippen molar-refractivity contribution in [2.24, 2.45) is 0 Å². The predicted octanol–water partition coefficient (Wildman–Crippen LogP) is 3.93. The van der Waals surface area contributed by atoms with E-state index < -0.39 is 0 Å². The fraction of sp³-hybridized carbons (Fsp3) is 0.333. The van der Waals surface area contributed by atoms with Crippen LogP contribution in [-0.2, 0) is 6.54 Å². The van der Waals surface area contributed by atoms with Gasteiger partial charge in [0.1, 0.15) is 11.5 Å². The minimum absolute atomic E-state index is 0.0198. The molecule has 0 spiro atoms. The van der Waals surface area contributed by atoms with Crippen LogP contribution in [0.15, 0.2) is 52.9 Å². The van der Waals surface area contributed by atoms with Crippen molar-refractivity contribution < 1.29 is 13.9 Å². The fourth-order valence-electron chi connectivity index (χ4n) is 3.71. The van der Waals surface area contributed by atoms with E-state index in [1.165, 1.54) is 5.56 Å². The molecule has 0 aliphatic carbocycles. The Hall–Kier alpha value is -3.12. The Labute approximate surface area is 177 Å². The third-order valence-corrected chi connectivity index (χ3v) is 5.56. The lowest BCUT2D eigenvalue weighted by molar-refractivity contribution is 0.0623. The minimum Gasteiger partial charge on any atom is -0.496 e. The second-order valence-electron chi connectivity index (χ2n) is 7.66. The lowest BCUT2D eigenvalue weighted by Gasteiger charge is -2.34. The van der Waals surface area contributed by atoms with E-state index in [0.29, 0.717) is 30.3 Å². The molecule has 3 aromatic rings. The molecule has 1 fully saturated rings. The van der Waals surface area contributed by atoms with Crippen molar-refractivity contribution in [3.63, 3.8) is 0 Å². The number of hydrogen-bond donors (Lipinski definition) is 0. The fourth-order valence-corrected chi connectivity index (χ4v) is 3.71. The topological polar surface area (TPSA) is 58.8 Å². The highest BCUT2D eigenvalue weighted by atomic mass is 16.5. The van der Waals surface area contributed by atoms with Crippen LogP contribution in [0.1, 0.15) is 27.4 Å². The predicted molar refractivity (Wildman–Crippen MR) is 116 cm³/mol. The summed E-state index contributed by atoms with van der Waals surface area (Å²) in [7, 11) is 1.59. The molecule has 0 radical (unpaired) electrons. The number of aromatic nitrogens is 1.